The van der Waals surface area contributed by atoms with Crippen molar-refractivity contribution < 1.29 is 14.0 Å². The molecule has 150 valence electrons. The van der Waals surface area contributed by atoms with E-state index in [0.717, 1.165) is 44.4 Å². The molecule has 0 spiro atoms. The number of carbonyl (C=O) groups excluding carboxylic acids is 2. The summed E-state index contributed by atoms with van der Waals surface area (Å²) in [5, 5.41) is 6.99. The number of para-hydroxylation sites is 1. The van der Waals surface area contributed by atoms with Gasteiger partial charge in [-0.25, -0.2) is 4.39 Å². The first-order valence-corrected chi connectivity index (χ1v) is 10.1. The van der Waals surface area contributed by atoms with Gasteiger partial charge in [-0.3, -0.25) is 15.0 Å². The average Bonchev–Trinajstić information content (AvgIpc) is 3.11. The number of carbonyl (C=O) groups is 2. The lowest BCUT2D eigenvalue weighted by Crippen LogP contribution is -2.69. The zero-order valence-corrected chi connectivity index (χ0v) is 16.0. The van der Waals surface area contributed by atoms with Gasteiger partial charge in [-0.05, 0) is 31.4 Å². The molecule has 3 aliphatic rings. The van der Waals surface area contributed by atoms with Crippen LogP contribution >= 0.6 is 0 Å². The Labute approximate surface area is 163 Å². The first-order valence-electron chi connectivity index (χ1n) is 10.1. The molecule has 2 aliphatic heterocycles. The zero-order valence-electron chi connectivity index (χ0n) is 16.0. The van der Waals surface area contributed by atoms with Crippen LogP contribution in [0.3, 0.4) is 0 Å². The van der Waals surface area contributed by atoms with Gasteiger partial charge in [0.25, 0.3) is 5.91 Å². The number of nitrogens with zero attached hydrogens (tertiary/aromatic N) is 3. The number of amides is 2. The molecule has 1 saturated carbocycles. The monoisotopic (exact) mass is 387 g/mol. The number of benzene rings is 1. The Morgan fingerprint density at radius 3 is 2.79 bits per heavy atom. The van der Waals surface area contributed by atoms with E-state index in [0.29, 0.717) is 0 Å². The minimum atomic E-state index is -0.540. The first kappa shape index (κ1) is 18.7. The fourth-order valence-corrected chi connectivity index (χ4v) is 4.57. The topological polar surface area (TPSA) is 77.0 Å². The second-order valence-electron chi connectivity index (χ2n) is 7.63. The normalized spacial score (nSPS) is 26.3. The van der Waals surface area contributed by atoms with E-state index in [1.54, 1.807) is 17.0 Å². The number of hydrogen-bond donors (Lipinski definition) is 2. The van der Waals surface area contributed by atoms with Crippen LogP contribution < -0.4 is 10.7 Å². The Morgan fingerprint density at radius 2 is 2.04 bits per heavy atom. The number of fused-ring (bicyclic) bond motifs is 3. The van der Waals surface area contributed by atoms with Crippen LogP contribution in [0.2, 0.25) is 0 Å². The quantitative estimate of drug-likeness (QED) is 0.813. The van der Waals surface area contributed by atoms with Crippen molar-refractivity contribution in [2.75, 3.05) is 11.9 Å². The van der Waals surface area contributed by atoms with E-state index < -0.39 is 12.0 Å². The van der Waals surface area contributed by atoms with Gasteiger partial charge in [-0.1, -0.05) is 31.9 Å². The summed E-state index contributed by atoms with van der Waals surface area (Å²) in [5.41, 5.74) is 3.10. The molecule has 1 aromatic rings. The van der Waals surface area contributed by atoms with Crippen LogP contribution in [0, 0.1) is 5.82 Å². The van der Waals surface area contributed by atoms with Crippen molar-refractivity contribution in [3.63, 3.8) is 0 Å². The highest BCUT2D eigenvalue weighted by atomic mass is 19.1. The summed E-state index contributed by atoms with van der Waals surface area (Å²) in [6, 6.07) is 6.18. The molecule has 2 N–H and O–H groups in total. The fourth-order valence-electron chi connectivity index (χ4n) is 4.57. The number of nitrogens with one attached hydrogen (secondary N) is 2. The fraction of sp³-hybridized carbons (Fsp3) is 0.550. The molecule has 3 atom stereocenters. The van der Waals surface area contributed by atoms with Gasteiger partial charge in [0.2, 0.25) is 5.91 Å². The van der Waals surface area contributed by atoms with E-state index in [4.69, 9.17) is 0 Å². The largest absolute Gasteiger partial charge is 0.325 e. The van der Waals surface area contributed by atoms with Crippen LogP contribution in [0.5, 0.6) is 0 Å². The number of anilines is 1. The van der Waals surface area contributed by atoms with Crippen LogP contribution in [0.4, 0.5) is 10.1 Å². The van der Waals surface area contributed by atoms with E-state index in [-0.39, 0.29) is 36.1 Å². The predicted molar refractivity (Wildman–Crippen MR) is 104 cm³/mol. The molecule has 0 aromatic heterocycles. The van der Waals surface area contributed by atoms with Gasteiger partial charge in [0.1, 0.15) is 18.2 Å². The van der Waals surface area contributed by atoms with Crippen molar-refractivity contribution in [1.29, 1.82) is 0 Å². The van der Waals surface area contributed by atoms with E-state index in [1.165, 1.54) is 12.1 Å². The van der Waals surface area contributed by atoms with Gasteiger partial charge in [-0.15, -0.1) is 0 Å². The molecular weight excluding hydrogens is 361 g/mol. The maximum atomic E-state index is 13.8. The van der Waals surface area contributed by atoms with Gasteiger partial charge in [0.05, 0.1) is 17.8 Å². The lowest BCUT2D eigenvalue weighted by molar-refractivity contribution is -0.151. The third-order valence-corrected chi connectivity index (χ3v) is 5.80. The van der Waals surface area contributed by atoms with Crippen molar-refractivity contribution in [3.05, 3.63) is 30.1 Å². The van der Waals surface area contributed by atoms with E-state index in [9.17, 15) is 14.0 Å². The second-order valence-corrected chi connectivity index (χ2v) is 7.63. The van der Waals surface area contributed by atoms with Crippen LogP contribution in [0.1, 0.15) is 45.4 Å². The Kier molecular flexibility index (Phi) is 5.19. The van der Waals surface area contributed by atoms with Crippen molar-refractivity contribution in [1.82, 2.24) is 15.2 Å². The lowest BCUT2D eigenvalue weighted by atomic mass is 9.85. The summed E-state index contributed by atoms with van der Waals surface area (Å²) >= 11 is 0. The van der Waals surface area contributed by atoms with Gasteiger partial charge in [0.15, 0.2) is 6.17 Å². The van der Waals surface area contributed by atoms with E-state index in [2.05, 4.69) is 27.7 Å². The standard InChI is InChI=1S/C20H26FN5O2/c1-2-7-17-23-24-19-20(28)25(15-10-5-6-11-16(15)26(17)19)12-18(27)22-14-9-4-3-8-13(14)21/h3-4,8-9,15-16,19,24H,2,5-7,10-12H2,1H3,(H,22,27). The summed E-state index contributed by atoms with van der Waals surface area (Å²) in [6.07, 6.45) is 5.23. The summed E-state index contributed by atoms with van der Waals surface area (Å²) in [5.74, 6) is -0.0728. The van der Waals surface area contributed by atoms with Gasteiger partial charge >= 0.3 is 0 Å². The van der Waals surface area contributed by atoms with Crippen LogP contribution in [-0.2, 0) is 9.59 Å². The summed E-state index contributed by atoms with van der Waals surface area (Å²) < 4.78 is 13.8. The molecule has 2 amide bonds. The highest BCUT2D eigenvalue weighted by Gasteiger charge is 2.50. The number of piperazine rings is 1. The molecular formula is C20H26FN5O2. The molecule has 2 fully saturated rings. The second kappa shape index (κ2) is 7.77. The number of hydrazone groups is 1. The van der Waals surface area contributed by atoms with E-state index >= 15 is 0 Å². The summed E-state index contributed by atoms with van der Waals surface area (Å²) in [4.78, 5) is 29.5. The Balaban J connectivity index is 1.52. The SMILES string of the molecule is CCCC1=NNC2C(=O)N(CC(=O)Nc3ccccc3F)C3CCCCC3N12. The first-order chi connectivity index (χ1) is 13.6. The Hall–Kier alpha value is -2.64. The van der Waals surface area contributed by atoms with E-state index in [1.807, 2.05) is 0 Å². The molecule has 3 unspecified atom stereocenters. The van der Waals surface area contributed by atoms with Crippen LogP contribution in [0.25, 0.3) is 0 Å². The molecule has 0 bridgehead atoms. The van der Waals surface area contributed by atoms with Crippen molar-refractivity contribution in [2.24, 2.45) is 5.10 Å². The smallest absolute Gasteiger partial charge is 0.268 e. The van der Waals surface area contributed by atoms with Crippen molar-refractivity contribution in [2.45, 2.75) is 63.7 Å². The Bertz CT molecular complexity index is 799. The minimum Gasteiger partial charge on any atom is -0.325 e. The zero-order chi connectivity index (χ0) is 19.7. The lowest BCUT2D eigenvalue weighted by Gasteiger charge is -2.51. The van der Waals surface area contributed by atoms with Crippen LogP contribution in [-0.4, -0.2) is 52.2 Å². The predicted octanol–water partition coefficient (Wildman–Crippen LogP) is 2.26. The molecule has 8 heteroatoms. The van der Waals surface area contributed by atoms with Crippen LogP contribution in [0.15, 0.2) is 29.4 Å². The number of hydrogen-bond acceptors (Lipinski definition) is 5. The number of rotatable bonds is 5. The summed E-state index contributed by atoms with van der Waals surface area (Å²) in [7, 11) is 0. The molecule has 7 nitrogen and oxygen atoms in total. The third-order valence-electron chi connectivity index (χ3n) is 5.80. The molecule has 1 aliphatic carbocycles. The molecule has 28 heavy (non-hydrogen) atoms. The van der Waals surface area contributed by atoms with Crippen molar-refractivity contribution >= 4 is 23.3 Å². The van der Waals surface area contributed by atoms with Gasteiger partial charge < -0.3 is 15.1 Å². The summed E-state index contributed by atoms with van der Waals surface area (Å²) in [6.45, 7) is 2.02. The molecule has 1 aromatic carbocycles. The highest BCUT2D eigenvalue weighted by Crippen LogP contribution is 2.35. The van der Waals surface area contributed by atoms with Crippen molar-refractivity contribution in [3.8, 4) is 0 Å². The van der Waals surface area contributed by atoms with Gasteiger partial charge in [0, 0.05) is 6.42 Å². The third kappa shape index (κ3) is 3.31. The molecule has 4 rings (SSSR count). The highest BCUT2D eigenvalue weighted by molar-refractivity contribution is 5.98. The maximum absolute atomic E-state index is 13.8. The number of halogens is 1. The molecule has 1 saturated heterocycles. The van der Waals surface area contributed by atoms with Gasteiger partial charge in [-0.2, -0.15) is 5.10 Å². The minimum absolute atomic E-state index is 0.0224. The molecule has 0 radical (unpaired) electrons. The maximum Gasteiger partial charge on any atom is 0.268 e. The average molecular weight is 387 g/mol. The Morgan fingerprint density at radius 1 is 1.29 bits per heavy atom. The number of amidine groups is 1. The molecule has 2 heterocycles.